The Morgan fingerprint density at radius 1 is 1.03 bits per heavy atom. The molecule has 204 valence electrons. The Hall–Kier alpha value is -4.87. The summed E-state index contributed by atoms with van der Waals surface area (Å²) in [6, 6.07) is 7.25. The summed E-state index contributed by atoms with van der Waals surface area (Å²) in [6.07, 6.45) is 5.07. The van der Waals surface area contributed by atoms with Crippen LogP contribution in [0.5, 0.6) is 0 Å². The van der Waals surface area contributed by atoms with Crippen molar-refractivity contribution in [2.45, 2.75) is 39.7 Å². The van der Waals surface area contributed by atoms with Gasteiger partial charge in [-0.3, -0.25) is 29.5 Å². The average molecular weight is 536 g/mol. The largest absolute Gasteiger partial charge is 0.466 e. The van der Waals surface area contributed by atoms with Crippen molar-refractivity contribution in [2.24, 2.45) is 0 Å². The molecule has 12 nitrogen and oxygen atoms in total. The van der Waals surface area contributed by atoms with Crippen LogP contribution >= 0.6 is 0 Å². The second kappa shape index (κ2) is 13.6. The monoisotopic (exact) mass is 535 g/mol. The van der Waals surface area contributed by atoms with Crippen LogP contribution in [0.4, 0.5) is 5.95 Å². The normalized spacial score (nSPS) is 11.7. The van der Waals surface area contributed by atoms with Gasteiger partial charge in [-0.15, -0.1) is 0 Å². The summed E-state index contributed by atoms with van der Waals surface area (Å²) in [7, 11) is 0. The highest BCUT2D eigenvalue weighted by Crippen LogP contribution is 2.14. The molecule has 0 aliphatic heterocycles. The number of nitrogens with one attached hydrogen (secondary N) is 3. The Morgan fingerprint density at radius 2 is 1.72 bits per heavy atom. The van der Waals surface area contributed by atoms with Crippen LogP contribution in [0.3, 0.4) is 0 Å². The maximum Gasteiger partial charge on any atom is 0.328 e. The SMILES string of the molecule is CCOC(=O)CC[C@H](NC(=O)c1ccc(/C=C/c2cnc3nc(NC(C)=O)[nH]c(=O)c3c2)cc1)C(=O)OCC. The van der Waals surface area contributed by atoms with Gasteiger partial charge in [0.1, 0.15) is 6.04 Å². The number of amides is 2. The number of nitrogens with zero attached hydrogens (tertiary/aromatic N) is 2. The minimum absolute atomic E-state index is 0.0208. The Labute approximate surface area is 223 Å². The van der Waals surface area contributed by atoms with Crippen molar-refractivity contribution in [3.8, 4) is 0 Å². The van der Waals surface area contributed by atoms with Gasteiger partial charge in [0.25, 0.3) is 11.5 Å². The highest BCUT2D eigenvalue weighted by Gasteiger charge is 2.24. The summed E-state index contributed by atoms with van der Waals surface area (Å²) in [5, 5.41) is 5.30. The fourth-order valence-electron chi connectivity index (χ4n) is 3.52. The number of rotatable bonds is 11. The number of esters is 2. The van der Waals surface area contributed by atoms with E-state index in [1.54, 1.807) is 56.3 Å². The lowest BCUT2D eigenvalue weighted by Gasteiger charge is -2.17. The number of hydrogen-bond acceptors (Lipinski definition) is 9. The molecule has 0 spiro atoms. The molecule has 2 heterocycles. The van der Waals surface area contributed by atoms with E-state index in [-0.39, 0.29) is 48.9 Å². The number of hydrogen-bond donors (Lipinski definition) is 3. The molecule has 0 bridgehead atoms. The van der Waals surface area contributed by atoms with Crippen LogP contribution in [-0.2, 0) is 23.9 Å². The number of fused-ring (bicyclic) bond motifs is 1. The lowest BCUT2D eigenvalue weighted by Crippen LogP contribution is -2.42. The van der Waals surface area contributed by atoms with Gasteiger partial charge in [0.15, 0.2) is 5.65 Å². The summed E-state index contributed by atoms with van der Waals surface area (Å²) in [4.78, 5) is 71.1. The van der Waals surface area contributed by atoms with Crippen molar-refractivity contribution in [3.05, 3.63) is 63.6 Å². The highest BCUT2D eigenvalue weighted by molar-refractivity contribution is 5.97. The highest BCUT2D eigenvalue weighted by atomic mass is 16.5. The molecule has 1 atom stereocenters. The molecule has 1 aromatic carbocycles. The quantitative estimate of drug-likeness (QED) is 0.312. The second-order valence-corrected chi connectivity index (χ2v) is 8.31. The van der Waals surface area contributed by atoms with Crippen molar-refractivity contribution in [1.82, 2.24) is 20.3 Å². The smallest absolute Gasteiger partial charge is 0.328 e. The first-order valence-electron chi connectivity index (χ1n) is 12.3. The van der Waals surface area contributed by atoms with Crippen LogP contribution in [0.2, 0.25) is 0 Å². The number of anilines is 1. The molecule has 2 aromatic heterocycles. The zero-order valence-electron chi connectivity index (χ0n) is 21.8. The number of ether oxygens (including phenoxy) is 2. The second-order valence-electron chi connectivity index (χ2n) is 8.31. The molecule has 0 radical (unpaired) electrons. The maximum absolute atomic E-state index is 12.7. The van der Waals surface area contributed by atoms with E-state index in [1.807, 2.05) is 0 Å². The van der Waals surface area contributed by atoms with Gasteiger partial charge in [-0.2, -0.15) is 4.98 Å². The van der Waals surface area contributed by atoms with E-state index < -0.39 is 29.4 Å². The third-order valence-electron chi connectivity index (χ3n) is 5.34. The van der Waals surface area contributed by atoms with Crippen molar-refractivity contribution < 1.29 is 28.7 Å². The van der Waals surface area contributed by atoms with Crippen molar-refractivity contribution in [1.29, 1.82) is 0 Å². The molecule has 39 heavy (non-hydrogen) atoms. The molecular weight excluding hydrogens is 506 g/mol. The Morgan fingerprint density at radius 3 is 2.38 bits per heavy atom. The zero-order chi connectivity index (χ0) is 28.4. The van der Waals surface area contributed by atoms with E-state index in [0.717, 1.165) is 5.56 Å². The first-order valence-corrected chi connectivity index (χ1v) is 12.3. The van der Waals surface area contributed by atoms with Gasteiger partial charge < -0.3 is 14.8 Å². The van der Waals surface area contributed by atoms with Gasteiger partial charge in [0, 0.05) is 25.1 Å². The van der Waals surface area contributed by atoms with Crippen molar-refractivity contribution in [3.63, 3.8) is 0 Å². The van der Waals surface area contributed by atoms with Crippen molar-refractivity contribution >= 4 is 52.9 Å². The van der Waals surface area contributed by atoms with Gasteiger partial charge in [-0.05, 0) is 49.6 Å². The third kappa shape index (κ3) is 8.32. The fourth-order valence-corrected chi connectivity index (χ4v) is 3.52. The maximum atomic E-state index is 12.7. The third-order valence-corrected chi connectivity index (χ3v) is 5.34. The molecule has 3 N–H and O–H groups in total. The predicted molar refractivity (Wildman–Crippen MR) is 144 cm³/mol. The van der Waals surface area contributed by atoms with Crippen LogP contribution in [0, 0.1) is 0 Å². The Balaban J connectivity index is 1.68. The summed E-state index contributed by atoms with van der Waals surface area (Å²) in [6.45, 7) is 5.01. The predicted octanol–water partition coefficient (Wildman–Crippen LogP) is 2.45. The van der Waals surface area contributed by atoms with E-state index >= 15 is 0 Å². The first-order chi connectivity index (χ1) is 18.7. The molecule has 3 rings (SSSR count). The van der Waals surface area contributed by atoms with E-state index in [0.29, 0.717) is 11.1 Å². The Bertz CT molecular complexity index is 1450. The zero-order valence-corrected chi connectivity index (χ0v) is 21.8. The summed E-state index contributed by atoms with van der Waals surface area (Å²) >= 11 is 0. The van der Waals surface area contributed by atoms with Crippen LogP contribution in [-0.4, -0.2) is 58.0 Å². The van der Waals surface area contributed by atoms with Gasteiger partial charge in [-0.25, -0.2) is 9.78 Å². The lowest BCUT2D eigenvalue weighted by atomic mass is 10.1. The van der Waals surface area contributed by atoms with Crippen LogP contribution in [0.25, 0.3) is 23.2 Å². The number of aromatic amines is 1. The molecule has 0 aliphatic carbocycles. The molecule has 0 aliphatic rings. The standard InChI is InChI=1S/C27H29N5O7/c1-4-38-22(34)13-12-21(26(37)39-5-2)30-24(35)19-10-8-17(9-11-19)6-7-18-14-20-23(28-15-18)31-27(29-16(3)33)32-25(20)36/h6-11,14-15,21H,4-5,12-13H2,1-3H3,(H,30,35)(H2,28,29,31,32,33,36)/b7-6+/t21-/m0/s1. The molecule has 0 fully saturated rings. The summed E-state index contributed by atoms with van der Waals surface area (Å²) < 4.78 is 9.90. The van der Waals surface area contributed by atoms with E-state index in [2.05, 4.69) is 25.6 Å². The van der Waals surface area contributed by atoms with Crippen LogP contribution in [0.1, 0.15) is 55.1 Å². The summed E-state index contributed by atoms with van der Waals surface area (Å²) in [5.74, 6) is -1.93. The average Bonchev–Trinajstić information content (AvgIpc) is 2.90. The van der Waals surface area contributed by atoms with E-state index in [4.69, 9.17) is 9.47 Å². The van der Waals surface area contributed by atoms with Gasteiger partial charge in [-0.1, -0.05) is 24.3 Å². The molecule has 0 unspecified atom stereocenters. The number of benzene rings is 1. The molecular formula is C27H29N5O7. The molecule has 12 heteroatoms. The van der Waals surface area contributed by atoms with Gasteiger partial charge in [0.05, 0.1) is 18.6 Å². The van der Waals surface area contributed by atoms with Crippen molar-refractivity contribution in [2.75, 3.05) is 18.5 Å². The minimum atomic E-state index is -0.992. The van der Waals surface area contributed by atoms with E-state index in [9.17, 15) is 24.0 Å². The number of pyridine rings is 1. The molecule has 3 aromatic rings. The first kappa shape index (κ1) is 28.7. The van der Waals surface area contributed by atoms with Gasteiger partial charge in [0.2, 0.25) is 11.9 Å². The van der Waals surface area contributed by atoms with Crippen LogP contribution in [0.15, 0.2) is 41.3 Å². The summed E-state index contributed by atoms with van der Waals surface area (Å²) in [5.41, 5.74) is 1.48. The number of aromatic nitrogens is 3. The fraction of sp³-hybridized carbons (Fsp3) is 0.296. The lowest BCUT2D eigenvalue weighted by molar-refractivity contribution is -0.146. The number of carbonyl (C=O) groups excluding carboxylic acids is 4. The molecule has 0 saturated heterocycles. The number of H-pyrrole nitrogens is 1. The number of carbonyl (C=O) groups is 4. The topological polar surface area (TPSA) is 169 Å². The molecule has 0 saturated carbocycles. The van der Waals surface area contributed by atoms with Crippen LogP contribution < -0.4 is 16.2 Å². The molecule has 2 amide bonds. The van der Waals surface area contributed by atoms with E-state index in [1.165, 1.54) is 13.1 Å². The minimum Gasteiger partial charge on any atom is -0.466 e. The Kier molecular flexibility index (Phi) is 10.0. The van der Waals surface area contributed by atoms with Gasteiger partial charge >= 0.3 is 11.9 Å².